The third-order valence-corrected chi connectivity index (χ3v) is 2.74. The van der Waals surface area contributed by atoms with Gasteiger partial charge in [0.15, 0.2) is 10.9 Å². The van der Waals surface area contributed by atoms with Crippen LogP contribution in [-0.2, 0) is 6.54 Å². The van der Waals surface area contributed by atoms with Crippen LogP contribution in [0.5, 0.6) is 0 Å². The van der Waals surface area contributed by atoms with Crippen molar-refractivity contribution in [3.8, 4) is 0 Å². The van der Waals surface area contributed by atoms with Gasteiger partial charge in [-0.05, 0) is 19.9 Å². The van der Waals surface area contributed by atoms with E-state index in [0.29, 0.717) is 10.7 Å². The summed E-state index contributed by atoms with van der Waals surface area (Å²) in [4.78, 5) is 15.4. The predicted octanol–water partition coefficient (Wildman–Crippen LogP) is 2.91. The number of ketones is 1. The van der Waals surface area contributed by atoms with Crippen LogP contribution in [0.2, 0.25) is 5.15 Å². The minimum atomic E-state index is 0.0504. The van der Waals surface area contributed by atoms with E-state index in [9.17, 15) is 4.79 Å². The number of aryl methyl sites for hydroxylation is 1. The molecule has 0 amide bonds. The highest BCUT2D eigenvalue weighted by Gasteiger charge is 2.13. The van der Waals surface area contributed by atoms with Crippen LogP contribution in [-0.4, -0.2) is 15.3 Å². The molecular formula is C11H11ClN2O. The molecule has 0 aliphatic rings. The van der Waals surface area contributed by atoms with Crippen LogP contribution >= 0.6 is 11.6 Å². The number of carbonyl (C=O) groups is 1. The van der Waals surface area contributed by atoms with Crippen LogP contribution in [0.3, 0.4) is 0 Å². The second kappa shape index (κ2) is 3.66. The van der Waals surface area contributed by atoms with Gasteiger partial charge in [0.1, 0.15) is 0 Å². The Morgan fingerprint density at radius 3 is 2.93 bits per heavy atom. The van der Waals surface area contributed by atoms with Crippen molar-refractivity contribution in [2.45, 2.75) is 20.4 Å². The fraction of sp³-hybridized carbons (Fsp3) is 0.273. The minimum Gasteiger partial charge on any atom is -0.345 e. The van der Waals surface area contributed by atoms with Crippen molar-refractivity contribution in [3.63, 3.8) is 0 Å². The van der Waals surface area contributed by atoms with Gasteiger partial charge in [0.25, 0.3) is 0 Å². The molecule has 0 aliphatic heterocycles. The lowest BCUT2D eigenvalue weighted by Gasteiger charge is -2.00. The van der Waals surface area contributed by atoms with Crippen LogP contribution in [0.4, 0.5) is 0 Å². The molecule has 2 heterocycles. The van der Waals surface area contributed by atoms with Gasteiger partial charge in [-0.25, -0.2) is 4.98 Å². The molecule has 78 valence electrons. The quantitative estimate of drug-likeness (QED) is 0.579. The molecule has 0 spiro atoms. The molecule has 0 bridgehead atoms. The average Bonchev–Trinajstić information content (AvgIpc) is 2.58. The maximum atomic E-state index is 11.4. The summed E-state index contributed by atoms with van der Waals surface area (Å²) in [6.45, 7) is 4.34. The second-order valence-electron chi connectivity index (χ2n) is 3.38. The Bertz CT molecular complexity index is 531. The van der Waals surface area contributed by atoms with Crippen LogP contribution < -0.4 is 0 Å². The molecule has 2 rings (SSSR count). The molecule has 0 fully saturated rings. The topological polar surface area (TPSA) is 34.9 Å². The van der Waals surface area contributed by atoms with Crippen molar-refractivity contribution in [1.82, 2.24) is 9.55 Å². The summed E-state index contributed by atoms with van der Waals surface area (Å²) in [6.07, 6.45) is 3.46. The van der Waals surface area contributed by atoms with Gasteiger partial charge in [-0.1, -0.05) is 11.6 Å². The Morgan fingerprint density at radius 1 is 1.60 bits per heavy atom. The third kappa shape index (κ3) is 1.53. The first kappa shape index (κ1) is 10.2. The van der Waals surface area contributed by atoms with Crippen LogP contribution in [0, 0.1) is 0 Å². The highest BCUT2D eigenvalue weighted by Crippen LogP contribution is 2.26. The van der Waals surface area contributed by atoms with Gasteiger partial charge >= 0.3 is 0 Å². The lowest BCUT2D eigenvalue weighted by atomic mass is 10.1. The first-order valence-electron chi connectivity index (χ1n) is 4.79. The van der Waals surface area contributed by atoms with Crippen LogP contribution in [0.25, 0.3) is 10.9 Å². The molecule has 15 heavy (non-hydrogen) atoms. The SMILES string of the molecule is CCn1cc(C(C)=O)c2ccnc(Cl)c21. The fourth-order valence-corrected chi connectivity index (χ4v) is 2.01. The lowest BCUT2D eigenvalue weighted by Crippen LogP contribution is -1.92. The van der Waals surface area contributed by atoms with E-state index in [1.165, 1.54) is 0 Å². The first-order chi connectivity index (χ1) is 7.15. The Hall–Kier alpha value is -1.35. The van der Waals surface area contributed by atoms with Gasteiger partial charge in [0, 0.05) is 29.9 Å². The summed E-state index contributed by atoms with van der Waals surface area (Å²) in [6, 6.07) is 1.82. The van der Waals surface area contributed by atoms with Gasteiger partial charge in [0.05, 0.1) is 5.52 Å². The zero-order chi connectivity index (χ0) is 11.0. The van der Waals surface area contributed by atoms with E-state index < -0.39 is 0 Å². The number of aromatic nitrogens is 2. The summed E-state index contributed by atoms with van der Waals surface area (Å²) in [5.41, 5.74) is 1.54. The van der Waals surface area contributed by atoms with E-state index >= 15 is 0 Å². The molecule has 0 radical (unpaired) electrons. The summed E-state index contributed by atoms with van der Waals surface area (Å²) < 4.78 is 1.95. The maximum absolute atomic E-state index is 11.4. The van der Waals surface area contributed by atoms with Gasteiger partial charge in [0.2, 0.25) is 0 Å². The van der Waals surface area contributed by atoms with E-state index in [1.54, 1.807) is 13.1 Å². The molecule has 0 unspecified atom stereocenters. The molecule has 0 atom stereocenters. The smallest absolute Gasteiger partial charge is 0.161 e. The van der Waals surface area contributed by atoms with Crippen molar-refractivity contribution in [2.75, 3.05) is 0 Å². The molecule has 0 saturated carbocycles. The first-order valence-corrected chi connectivity index (χ1v) is 5.17. The van der Waals surface area contributed by atoms with Gasteiger partial charge in [-0.2, -0.15) is 0 Å². The number of pyridine rings is 1. The fourth-order valence-electron chi connectivity index (χ4n) is 1.74. The van der Waals surface area contributed by atoms with E-state index in [0.717, 1.165) is 17.4 Å². The number of halogens is 1. The number of nitrogens with zero attached hydrogens (tertiary/aromatic N) is 2. The normalized spacial score (nSPS) is 10.9. The number of hydrogen-bond donors (Lipinski definition) is 0. The zero-order valence-electron chi connectivity index (χ0n) is 8.62. The summed E-state index contributed by atoms with van der Waals surface area (Å²) in [5.74, 6) is 0.0504. The van der Waals surface area contributed by atoms with Gasteiger partial charge in [-0.15, -0.1) is 0 Å². The number of hydrogen-bond acceptors (Lipinski definition) is 2. The Balaban J connectivity index is 2.87. The summed E-state index contributed by atoms with van der Waals surface area (Å²) in [7, 11) is 0. The molecule has 0 N–H and O–H groups in total. The molecule has 0 saturated heterocycles. The lowest BCUT2D eigenvalue weighted by molar-refractivity contribution is 0.101. The van der Waals surface area contributed by atoms with Crippen molar-refractivity contribution in [3.05, 3.63) is 29.2 Å². The molecule has 3 nitrogen and oxygen atoms in total. The summed E-state index contributed by atoms with van der Waals surface area (Å²) >= 11 is 6.02. The van der Waals surface area contributed by atoms with Crippen molar-refractivity contribution >= 4 is 28.3 Å². The maximum Gasteiger partial charge on any atom is 0.161 e. The largest absolute Gasteiger partial charge is 0.345 e. The van der Waals surface area contributed by atoms with Crippen LogP contribution in [0.15, 0.2) is 18.5 Å². The number of carbonyl (C=O) groups excluding carboxylic acids is 1. The number of fused-ring (bicyclic) bond motifs is 1. The van der Waals surface area contributed by atoms with Gasteiger partial charge in [-0.3, -0.25) is 4.79 Å². The molecule has 0 aromatic carbocycles. The molecule has 4 heteroatoms. The molecule has 0 aliphatic carbocycles. The highest BCUT2D eigenvalue weighted by molar-refractivity contribution is 6.34. The highest BCUT2D eigenvalue weighted by atomic mass is 35.5. The van der Waals surface area contributed by atoms with Crippen molar-refractivity contribution < 1.29 is 4.79 Å². The van der Waals surface area contributed by atoms with Gasteiger partial charge < -0.3 is 4.57 Å². The standard InChI is InChI=1S/C11H11ClN2O/c1-3-14-6-9(7(2)15)8-4-5-13-11(12)10(8)14/h4-6H,3H2,1-2H3. The van der Waals surface area contributed by atoms with E-state index in [4.69, 9.17) is 11.6 Å². The van der Waals surface area contributed by atoms with Crippen LogP contribution in [0.1, 0.15) is 24.2 Å². The average molecular weight is 223 g/mol. The number of rotatable bonds is 2. The molecule has 2 aromatic rings. The van der Waals surface area contributed by atoms with E-state index in [1.807, 2.05) is 23.8 Å². The Labute approximate surface area is 92.7 Å². The van der Waals surface area contributed by atoms with Crippen molar-refractivity contribution in [2.24, 2.45) is 0 Å². The molecular weight excluding hydrogens is 212 g/mol. The van der Waals surface area contributed by atoms with E-state index in [-0.39, 0.29) is 5.78 Å². The van der Waals surface area contributed by atoms with Crippen molar-refractivity contribution in [1.29, 1.82) is 0 Å². The monoisotopic (exact) mass is 222 g/mol. The zero-order valence-corrected chi connectivity index (χ0v) is 9.38. The predicted molar refractivity (Wildman–Crippen MR) is 60.4 cm³/mol. The third-order valence-electron chi connectivity index (χ3n) is 2.46. The summed E-state index contributed by atoms with van der Waals surface area (Å²) in [5, 5.41) is 1.33. The Morgan fingerprint density at radius 2 is 2.33 bits per heavy atom. The molecule has 2 aromatic heterocycles. The Kier molecular flexibility index (Phi) is 2.49. The number of Topliss-reactive ketones (excluding diaryl/α,β-unsaturated/α-hetero) is 1. The second-order valence-corrected chi connectivity index (χ2v) is 3.74. The van der Waals surface area contributed by atoms with E-state index in [2.05, 4.69) is 4.98 Å². The minimum absolute atomic E-state index is 0.0504.